The van der Waals surface area contributed by atoms with Crippen molar-refractivity contribution in [2.75, 3.05) is 18.0 Å². The van der Waals surface area contributed by atoms with Crippen molar-refractivity contribution in [2.45, 2.75) is 45.4 Å². The monoisotopic (exact) mass is 385 g/mol. The van der Waals surface area contributed by atoms with E-state index >= 15 is 0 Å². The number of aromatic amines is 1. The number of nitrogens with zero attached hydrogens (tertiary/aromatic N) is 4. The number of anilines is 1. The Morgan fingerprint density at radius 1 is 1.03 bits per heavy atom. The van der Waals surface area contributed by atoms with Gasteiger partial charge in [-0.15, -0.1) is 0 Å². The molecule has 1 N–H and O–H groups in total. The van der Waals surface area contributed by atoms with E-state index in [1.54, 1.807) is 0 Å². The van der Waals surface area contributed by atoms with Crippen molar-refractivity contribution in [3.05, 3.63) is 48.5 Å². The van der Waals surface area contributed by atoms with Crippen molar-refractivity contribution in [1.82, 2.24) is 19.4 Å². The second-order valence-electron chi connectivity index (χ2n) is 8.93. The van der Waals surface area contributed by atoms with E-state index in [1.807, 2.05) is 12.4 Å². The van der Waals surface area contributed by atoms with Crippen LogP contribution in [0.3, 0.4) is 0 Å². The van der Waals surface area contributed by atoms with E-state index in [-0.39, 0.29) is 0 Å². The van der Waals surface area contributed by atoms with Crippen LogP contribution in [0.15, 0.2) is 42.9 Å². The maximum Gasteiger partial charge on any atom is 0.211 e. The highest BCUT2D eigenvalue weighted by Gasteiger charge is 2.37. The van der Waals surface area contributed by atoms with Gasteiger partial charge in [0.05, 0.1) is 11.2 Å². The first-order valence-electron chi connectivity index (χ1n) is 10.9. The number of hydrogen-bond acceptors (Lipinski definition) is 3. The van der Waals surface area contributed by atoms with Gasteiger partial charge in [-0.2, -0.15) is 0 Å². The van der Waals surface area contributed by atoms with Crippen LogP contribution in [-0.2, 0) is 0 Å². The molecule has 0 amide bonds. The fourth-order valence-electron chi connectivity index (χ4n) is 5.71. The molecule has 29 heavy (non-hydrogen) atoms. The first-order chi connectivity index (χ1) is 14.2. The van der Waals surface area contributed by atoms with Crippen LogP contribution in [-0.4, -0.2) is 32.4 Å². The molecule has 1 saturated carbocycles. The molecule has 0 radical (unpaired) electrons. The number of para-hydroxylation sites is 1. The number of H-pyrrole nitrogens is 1. The van der Waals surface area contributed by atoms with Crippen LogP contribution in [0.4, 0.5) is 5.95 Å². The van der Waals surface area contributed by atoms with Crippen molar-refractivity contribution in [1.29, 1.82) is 0 Å². The quantitative estimate of drug-likeness (QED) is 0.506. The second kappa shape index (κ2) is 6.34. The number of aryl methyl sites for hydroxylation is 1. The molecule has 3 aromatic heterocycles. The Hall–Kier alpha value is -2.82. The minimum Gasteiger partial charge on any atom is -0.361 e. The highest BCUT2D eigenvalue weighted by Crippen LogP contribution is 2.46. The van der Waals surface area contributed by atoms with Gasteiger partial charge in [0.25, 0.3) is 0 Å². The van der Waals surface area contributed by atoms with Gasteiger partial charge in [-0.05, 0) is 49.5 Å². The molecule has 1 spiro atoms. The molecule has 0 unspecified atom stereocenters. The van der Waals surface area contributed by atoms with Gasteiger partial charge in [0, 0.05) is 42.8 Å². The maximum absolute atomic E-state index is 5.11. The van der Waals surface area contributed by atoms with Gasteiger partial charge in [-0.1, -0.05) is 31.0 Å². The molecule has 5 heteroatoms. The van der Waals surface area contributed by atoms with Crippen molar-refractivity contribution in [2.24, 2.45) is 5.41 Å². The second-order valence-corrected chi connectivity index (χ2v) is 8.93. The van der Waals surface area contributed by atoms with Crippen molar-refractivity contribution in [3.63, 3.8) is 0 Å². The zero-order valence-electron chi connectivity index (χ0n) is 17.0. The molecule has 2 aliphatic rings. The summed E-state index contributed by atoms with van der Waals surface area (Å²) >= 11 is 0. The van der Waals surface area contributed by atoms with Crippen molar-refractivity contribution in [3.8, 4) is 11.1 Å². The Morgan fingerprint density at radius 2 is 1.86 bits per heavy atom. The van der Waals surface area contributed by atoms with E-state index in [2.05, 4.69) is 51.7 Å². The van der Waals surface area contributed by atoms with E-state index in [4.69, 9.17) is 9.97 Å². The van der Waals surface area contributed by atoms with Gasteiger partial charge in [0.2, 0.25) is 5.95 Å². The van der Waals surface area contributed by atoms with Gasteiger partial charge < -0.3 is 9.88 Å². The summed E-state index contributed by atoms with van der Waals surface area (Å²) in [6, 6.07) is 8.54. The molecular weight excluding hydrogens is 358 g/mol. The number of imidazole rings is 1. The van der Waals surface area contributed by atoms with Crippen LogP contribution in [0, 0.1) is 12.3 Å². The molecule has 0 bridgehead atoms. The largest absolute Gasteiger partial charge is 0.361 e. The molecule has 0 atom stereocenters. The SMILES string of the molecule is Cc1nc(N2CCC3(CCCC3)CC2)n2ccnc2c1-c1cccc2cc[nH]c12. The number of hydrogen-bond donors (Lipinski definition) is 1. The fourth-order valence-corrected chi connectivity index (χ4v) is 5.71. The lowest BCUT2D eigenvalue weighted by Crippen LogP contribution is -2.40. The number of aromatic nitrogens is 4. The molecule has 148 valence electrons. The Balaban J connectivity index is 1.44. The van der Waals surface area contributed by atoms with E-state index in [0.29, 0.717) is 5.41 Å². The van der Waals surface area contributed by atoms with Crippen LogP contribution >= 0.6 is 0 Å². The summed E-state index contributed by atoms with van der Waals surface area (Å²) in [7, 11) is 0. The number of nitrogens with one attached hydrogen (secondary N) is 1. The average Bonchev–Trinajstić information content (AvgIpc) is 3.49. The van der Waals surface area contributed by atoms with Crippen molar-refractivity contribution < 1.29 is 0 Å². The van der Waals surface area contributed by atoms with Crippen molar-refractivity contribution >= 4 is 22.5 Å². The number of fused-ring (bicyclic) bond motifs is 2. The standard InChI is InChI=1S/C24H27N5/c1-17-20(19-6-4-5-18-7-12-25-21(18)19)22-26-13-16-29(22)23(27-17)28-14-10-24(11-15-28)8-2-3-9-24/h4-7,12-13,16,25H,2-3,8-11,14-15H2,1H3. The van der Waals surface area contributed by atoms with Crippen LogP contribution in [0.25, 0.3) is 27.7 Å². The molecule has 4 aromatic rings. The predicted molar refractivity (Wildman–Crippen MR) is 117 cm³/mol. The molecular formula is C24H27N5. The molecule has 1 saturated heterocycles. The topological polar surface area (TPSA) is 49.2 Å². The third kappa shape index (κ3) is 2.60. The lowest BCUT2D eigenvalue weighted by molar-refractivity contribution is 0.225. The summed E-state index contributed by atoms with van der Waals surface area (Å²) in [5, 5.41) is 1.22. The first-order valence-corrected chi connectivity index (χ1v) is 10.9. The number of benzene rings is 1. The highest BCUT2D eigenvalue weighted by atomic mass is 15.3. The molecule has 6 rings (SSSR count). The normalized spacial score (nSPS) is 19.0. The summed E-state index contributed by atoms with van der Waals surface area (Å²) in [5.41, 5.74) is 6.09. The molecule has 5 nitrogen and oxygen atoms in total. The number of rotatable bonds is 2. The summed E-state index contributed by atoms with van der Waals surface area (Å²) in [4.78, 5) is 15.7. The van der Waals surface area contributed by atoms with Gasteiger partial charge in [-0.25, -0.2) is 9.97 Å². The van der Waals surface area contributed by atoms with Crippen LogP contribution in [0.1, 0.15) is 44.2 Å². The zero-order valence-corrected chi connectivity index (χ0v) is 17.0. The highest BCUT2D eigenvalue weighted by molar-refractivity contribution is 5.98. The maximum atomic E-state index is 5.11. The number of piperidine rings is 1. The molecule has 1 aliphatic carbocycles. The van der Waals surface area contributed by atoms with E-state index < -0.39 is 0 Å². The first kappa shape index (κ1) is 17.1. The Labute approximate surface area is 170 Å². The lowest BCUT2D eigenvalue weighted by Gasteiger charge is -2.40. The summed E-state index contributed by atoms with van der Waals surface area (Å²) < 4.78 is 2.19. The third-order valence-electron chi connectivity index (χ3n) is 7.34. The summed E-state index contributed by atoms with van der Waals surface area (Å²) in [5.74, 6) is 1.05. The predicted octanol–water partition coefficient (Wildman–Crippen LogP) is 5.35. The van der Waals surface area contributed by atoms with Crippen LogP contribution in [0.5, 0.6) is 0 Å². The molecule has 2 fully saturated rings. The summed E-state index contributed by atoms with van der Waals surface area (Å²) in [6.45, 7) is 4.33. The van der Waals surface area contributed by atoms with E-state index in [0.717, 1.165) is 41.5 Å². The Kier molecular flexibility index (Phi) is 3.73. The zero-order chi connectivity index (χ0) is 19.4. The summed E-state index contributed by atoms with van der Waals surface area (Å²) in [6.07, 6.45) is 14.3. The fraction of sp³-hybridized carbons (Fsp3) is 0.417. The Morgan fingerprint density at radius 3 is 2.69 bits per heavy atom. The molecule has 1 aromatic carbocycles. The lowest BCUT2D eigenvalue weighted by atomic mass is 9.77. The molecule has 1 aliphatic heterocycles. The minimum absolute atomic E-state index is 0.614. The van der Waals surface area contributed by atoms with Crippen LogP contribution < -0.4 is 4.90 Å². The van der Waals surface area contributed by atoms with Gasteiger partial charge in [0.1, 0.15) is 5.65 Å². The Bertz CT molecular complexity index is 1180. The van der Waals surface area contributed by atoms with Gasteiger partial charge in [0.15, 0.2) is 0 Å². The van der Waals surface area contributed by atoms with Crippen LogP contribution in [0.2, 0.25) is 0 Å². The van der Waals surface area contributed by atoms with Gasteiger partial charge in [-0.3, -0.25) is 4.40 Å². The van der Waals surface area contributed by atoms with E-state index in [9.17, 15) is 0 Å². The third-order valence-corrected chi connectivity index (χ3v) is 7.34. The minimum atomic E-state index is 0.614. The smallest absolute Gasteiger partial charge is 0.211 e. The average molecular weight is 386 g/mol. The molecule has 4 heterocycles. The van der Waals surface area contributed by atoms with E-state index in [1.165, 1.54) is 49.5 Å². The van der Waals surface area contributed by atoms with Gasteiger partial charge >= 0.3 is 0 Å².